The van der Waals surface area contributed by atoms with E-state index in [2.05, 4.69) is 9.62 Å². The Hall–Kier alpha value is -2.65. The van der Waals surface area contributed by atoms with Crippen LogP contribution in [0.1, 0.15) is 18.0 Å². The molecule has 7 nitrogen and oxygen atoms in total. The van der Waals surface area contributed by atoms with Gasteiger partial charge in [-0.2, -0.15) is 0 Å². The Labute approximate surface area is 176 Å². The Bertz CT molecular complexity index is 957. The van der Waals surface area contributed by atoms with Gasteiger partial charge in [0.2, 0.25) is 15.9 Å². The molecule has 1 atom stereocenters. The van der Waals surface area contributed by atoms with E-state index in [1.807, 2.05) is 24.3 Å². The lowest BCUT2D eigenvalue weighted by molar-refractivity contribution is -0.132. The summed E-state index contributed by atoms with van der Waals surface area (Å²) in [4.78, 5) is 16.8. The number of amides is 1. The maximum atomic E-state index is 13.2. The number of piperazine rings is 1. The highest BCUT2D eigenvalue weighted by Crippen LogP contribution is 2.23. The summed E-state index contributed by atoms with van der Waals surface area (Å²) in [6.07, 6.45) is 1.02. The second-order valence-electron chi connectivity index (χ2n) is 7.26. The smallest absolute Gasteiger partial charge is 0.224 e. The Balaban J connectivity index is 1.62. The first-order valence-electron chi connectivity index (χ1n) is 9.65. The minimum Gasteiger partial charge on any atom is -0.497 e. The first kappa shape index (κ1) is 22.0. The molecule has 1 heterocycles. The molecule has 0 saturated carbocycles. The third-order valence-electron chi connectivity index (χ3n) is 5.08. The third kappa shape index (κ3) is 5.93. The zero-order valence-electron chi connectivity index (χ0n) is 17.0. The van der Waals surface area contributed by atoms with Gasteiger partial charge in [0.05, 0.1) is 19.4 Å². The van der Waals surface area contributed by atoms with Crippen LogP contribution in [0.5, 0.6) is 5.75 Å². The van der Waals surface area contributed by atoms with Crippen molar-refractivity contribution in [3.63, 3.8) is 0 Å². The lowest BCUT2D eigenvalue weighted by Gasteiger charge is -2.36. The normalized spacial score (nSPS) is 15.7. The molecule has 1 N–H and O–H groups in total. The highest BCUT2D eigenvalue weighted by Gasteiger charge is 2.26. The number of carbonyl (C=O) groups excluding carboxylic acids is 1. The van der Waals surface area contributed by atoms with Crippen molar-refractivity contribution in [1.29, 1.82) is 0 Å². The van der Waals surface area contributed by atoms with E-state index in [9.17, 15) is 17.6 Å². The van der Waals surface area contributed by atoms with Gasteiger partial charge in [0.1, 0.15) is 11.6 Å². The second kappa shape index (κ2) is 9.44. The van der Waals surface area contributed by atoms with Crippen LogP contribution in [0.4, 0.5) is 10.1 Å². The van der Waals surface area contributed by atoms with Gasteiger partial charge in [0, 0.05) is 38.3 Å². The fraction of sp³-hybridized carbons (Fsp3) is 0.381. The number of carbonyl (C=O) groups is 1. The Morgan fingerprint density at radius 1 is 1.07 bits per heavy atom. The number of ether oxygens (including phenoxy) is 1. The summed E-state index contributed by atoms with van der Waals surface area (Å²) < 4.78 is 44.4. The van der Waals surface area contributed by atoms with Crippen molar-refractivity contribution in [3.8, 4) is 5.75 Å². The van der Waals surface area contributed by atoms with Crippen molar-refractivity contribution >= 4 is 21.6 Å². The van der Waals surface area contributed by atoms with Crippen molar-refractivity contribution < 1.29 is 22.3 Å². The average molecular weight is 436 g/mol. The lowest BCUT2D eigenvalue weighted by Crippen LogP contribution is -2.49. The van der Waals surface area contributed by atoms with Crippen LogP contribution in [-0.2, 0) is 14.8 Å². The minimum absolute atomic E-state index is 0.0265. The van der Waals surface area contributed by atoms with Crippen LogP contribution < -0.4 is 14.4 Å². The van der Waals surface area contributed by atoms with E-state index in [1.165, 1.54) is 24.3 Å². The van der Waals surface area contributed by atoms with Crippen LogP contribution in [0, 0.1) is 5.82 Å². The third-order valence-corrected chi connectivity index (χ3v) is 5.79. The number of halogens is 1. The predicted molar refractivity (Wildman–Crippen MR) is 114 cm³/mol. The van der Waals surface area contributed by atoms with Gasteiger partial charge in [-0.1, -0.05) is 12.1 Å². The monoisotopic (exact) mass is 435 g/mol. The summed E-state index contributed by atoms with van der Waals surface area (Å²) in [5, 5.41) is 0. The molecular formula is C21H26FN3O4S. The molecule has 0 radical (unpaired) electrons. The maximum absolute atomic E-state index is 13.2. The molecule has 0 aliphatic carbocycles. The summed E-state index contributed by atoms with van der Waals surface area (Å²) in [7, 11) is -1.92. The molecule has 2 aromatic carbocycles. The standard InChI is InChI=1S/C21H26FN3O4S/c1-29-19-9-7-18(8-10-19)24-11-13-25(14-12-24)21(26)15-20(23-30(2,27)28)16-3-5-17(22)6-4-16/h3-10,20,23H,11-15H2,1-2H3/t20-/m0/s1. The van der Waals surface area contributed by atoms with Crippen molar-refractivity contribution in [2.75, 3.05) is 44.4 Å². The van der Waals surface area contributed by atoms with Gasteiger partial charge in [-0.05, 0) is 42.0 Å². The fourth-order valence-electron chi connectivity index (χ4n) is 3.49. The second-order valence-corrected chi connectivity index (χ2v) is 9.04. The lowest BCUT2D eigenvalue weighted by atomic mass is 10.0. The van der Waals surface area contributed by atoms with Crippen LogP contribution in [0.3, 0.4) is 0 Å². The molecule has 9 heteroatoms. The highest BCUT2D eigenvalue weighted by molar-refractivity contribution is 7.88. The maximum Gasteiger partial charge on any atom is 0.224 e. The fourth-order valence-corrected chi connectivity index (χ4v) is 4.23. The summed E-state index contributed by atoms with van der Waals surface area (Å²) in [6.45, 7) is 2.44. The molecule has 1 aliphatic heterocycles. The summed E-state index contributed by atoms with van der Waals surface area (Å²) in [6, 6.07) is 12.5. The number of hydrogen-bond donors (Lipinski definition) is 1. The Morgan fingerprint density at radius 3 is 2.20 bits per heavy atom. The number of benzene rings is 2. The summed E-state index contributed by atoms with van der Waals surface area (Å²) in [5.74, 6) is 0.227. The van der Waals surface area contributed by atoms with Crippen LogP contribution >= 0.6 is 0 Å². The van der Waals surface area contributed by atoms with Gasteiger partial charge >= 0.3 is 0 Å². The van der Waals surface area contributed by atoms with Crippen LogP contribution in [0.25, 0.3) is 0 Å². The molecule has 0 spiro atoms. The van der Waals surface area contributed by atoms with Crippen LogP contribution in [0.2, 0.25) is 0 Å². The van der Waals surface area contributed by atoms with Gasteiger partial charge in [0.25, 0.3) is 0 Å². The minimum atomic E-state index is -3.54. The van der Waals surface area contributed by atoms with E-state index in [0.29, 0.717) is 31.7 Å². The predicted octanol–water partition coefficient (Wildman–Crippen LogP) is 2.16. The van der Waals surface area contributed by atoms with Gasteiger partial charge in [-0.3, -0.25) is 4.79 Å². The van der Waals surface area contributed by atoms with Crippen LogP contribution in [0.15, 0.2) is 48.5 Å². The molecule has 162 valence electrons. The molecule has 0 unspecified atom stereocenters. The molecule has 2 aromatic rings. The van der Waals surface area contributed by atoms with Gasteiger partial charge in [-0.25, -0.2) is 17.5 Å². The largest absolute Gasteiger partial charge is 0.497 e. The SMILES string of the molecule is COc1ccc(N2CCN(C(=O)C[C@H](NS(C)(=O)=O)c3ccc(F)cc3)CC2)cc1. The number of rotatable bonds is 7. The topological polar surface area (TPSA) is 79.0 Å². The molecule has 1 fully saturated rings. The average Bonchev–Trinajstić information content (AvgIpc) is 2.73. The quantitative estimate of drug-likeness (QED) is 0.721. The van der Waals surface area contributed by atoms with E-state index < -0.39 is 21.9 Å². The number of hydrogen-bond acceptors (Lipinski definition) is 5. The number of anilines is 1. The van der Waals surface area contributed by atoms with Gasteiger partial charge in [-0.15, -0.1) is 0 Å². The Kier molecular flexibility index (Phi) is 6.94. The first-order valence-corrected chi connectivity index (χ1v) is 11.5. The molecule has 3 rings (SSSR count). The van der Waals surface area contributed by atoms with E-state index >= 15 is 0 Å². The zero-order chi connectivity index (χ0) is 21.7. The van der Waals surface area contributed by atoms with Crippen molar-refractivity contribution in [1.82, 2.24) is 9.62 Å². The molecular weight excluding hydrogens is 409 g/mol. The number of sulfonamides is 1. The molecule has 30 heavy (non-hydrogen) atoms. The summed E-state index contributed by atoms with van der Waals surface area (Å²) >= 11 is 0. The molecule has 1 saturated heterocycles. The number of methoxy groups -OCH3 is 1. The van der Waals surface area contributed by atoms with Crippen molar-refractivity contribution in [2.24, 2.45) is 0 Å². The number of nitrogens with zero attached hydrogens (tertiary/aromatic N) is 2. The van der Waals surface area contributed by atoms with E-state index in [-0.39, 0.29) is 12.3 Å². The van der Waals surface area contributed by atoms with E-state index in [4.69, 9.17) is 4.74 Å². The molecule has 0 aromatic heterocycles. The molecule has 1 aliphatic rings. The molecule has 0 bridgehead atoms. The van der Waals surface area contributed by atoms with Crippen molar-refractivity contribution in [2.45, 2.75) is 12.5 Å². The van der Waals surface area contributed by atoms with Gasteiger partial charge in [0.15, 0.2) is 0 Å². The summed E-state index contributed by atoms with van der Waals surface area (Å²) in [5.41, 5.74) is 1.61. The van der Waals surface area contributed by atoms with Crippen LogP contribution in [-0.4, -0.2) is 58.8 Å². The number of nitrogens with one attached hydrogen (secondary N) is 1. The molecule has 1 amide bonds. The first-order chi connectivity index (χ1) is 14.2. The van der Waals surface area contributed by atoms with E-state index in [1.54, 1.807) is 12.0 Å². The van der Waals surface area contributed by atoms with Crippen molar-refractivity contribution in [3.05, 3.63) is 59.9 Å². The van der Waals surface area contributed by atoms with Gasteiger partial charge < -0.3 is 14.5 Å². The Morgan fingerprint density at radius 2 is 1.67 bits per heavy atom. The highest BCUT2D eigenvalue weighted by atomic mass is 32.2. The van der Waals surface area contributed by atoms with E-state index in [0.717, 1.165) is 17.7 Å². The zero-order valence-corrected chi connectivity index (χ0v) is 17.9.